The topological polar surface area (TPSA) is 452 Å². The third-order valence-corrected chi connectivity index (χ3v) is 15.2. The van der Waals surface area contributed by atoms with Crippen molar-refractivity contribution in [1.29, 1.82) is 0 Å². The van der Waals surface area contributed by atoms with Crippen LogP contribution in [0.25, 0.3) is 10.9 Å². The summed E-state index contributed by atoms with van der Waals surface area (Å²) >= 11 is 0. The Bertz CT molecular complexity index is 3310. The number of fused-ring (bicyclic) bond motifs is 1. The second-order valence-electron chi connectivity index (χ2n) is 23.4. The van der Waals surface area contributed by atoms with Gasteiger partial charge in [0, 0.05) is 62.8 Å². The highest BCUT2D eigenvalue weighted by molar-refractivity contribution is 6.00. The molecule has 0 radical (unpaired) electrons. The molecule has 11 amide bonds. The minimum absolute atomic E-state index is 0.000526. The molecule has 0 unspecified atom stereocenters. The number of H-pyrrole nitrogens is 1. The van der Waals surface area contributed by atoms with Crippen LogP contribution < -0.4 is 69.8 Å². The highest BCUT2D eigenvalue weighted by Gasteiger charge is 2.41. The molecular formula is C62H83N15O14. The molecule has 0 aliphatic carbocycles. The number of benzene rings is 3. The van der Waals surface area contributed by atoms with Crippen LogP contribution in [0.15, 0.2) is 90.1 Å². The maximum atomic E-state index is 14.7. The van der Waals surface area contributed by atoms with Gasteiger partial charge in [0.25, 0.3) is 0 Å². The van der Waals surface area contributed by atoms with Crippen LogP contribution in [0.1, 0.15) is 96.3 Å². The number of primary amides is 1. The molecule has 4 aromatic rings. The Morgan fingerprint density at radius 1 is 0.703 bits per heavy atom. The normalized spacial score (nSPS) is 16.5. The number of aromatic amines is 1. The summed E-state index contributed by atoms with van der Waals surface area (Å²) in [5.41, 5.74) is 16.8. The van der Waals surface area contributed by atoms with Crippen molar-refractivity contribution >= 4 is 87.8 Å². The van der Waals surface area contributed by atoms with Gasteiger partial charge in [0.1, 0.15) is 59.6 Å². The predicted molar refractivity (Wildman–Crippen MR) is 332 cm³/mol. The predicted octanol–water partition coefficient (Wildman–Crippen LogP) is -2.11. The van der Waals surface area contributed by atoms with Gasteiger partial charge >= 0.3 is 5.97 Å². The first-order valence-electron chi connectivity index (χ1n) is 30.0. The Morgan fingerprint density at radius 2 is 1.30 bits per heavy atom. The van der Waals surface area contributed by atoms with E-state index in [-0.39, 0.29) is 94.4 Å². The number of hydrogen-bond acceptors (Lipinski definition) is 15. The van der Waals surface area contributed by atoms with Crippen molar-refractivity contribution in [3.05, 3.63) is 102 Å². The smallest absolute Gasteiger partial charge is 0.308 e. The molecule has 29 heteroatoms. The maximum absolute atomic E-state index is 14.7. The van der Waals surface area contributed by atoms with Crippen molar-refractivity contribution in [2.75, 3.05) is 26.2 Å². The Labute approximate surface area is 525 Å². The first-order chi connectivity index (χ1) is 43.2. The van der Waals surface area contributed by atoms with Crippen LogP contribution >= 0.6 is 0 Å². The average Bonchev–Trinajstić information content (AvgIpc) is 1.97. The van der Waals surface area contributed by atoms with E-state index in [4.69, 9.17) is 21.9 Å². The third-order valence-electron chi connectivity index (χ3n) is 15.2. The van der Waals surface area contributed by atoms with Gasteiger partial charge in [0.2, 0.25) is 65.0 Å². The maximum Gasteiger partial charge on any atom is 0.308 e. The lowest BCUT2D eigenvalue weighted by Crippen LogP contribution is -2.64. The summed E-state index contributed by atoms with van der Waals surface area (Å²) in [4.78, 5) is 172. The number of ether oxygens (including phenoxy) is 1. The summed E-state index contributed by atoms with van der Waals surface area (Å²) < 4.78 is 5.18. The second kappa shape index (κ2) is 33.1. The largest absolute Gasteiger partial charge is 0.427 e. The number of esters is 1. The van der Waals surface area contributed by atoms with E-state index >= 15 is 0 Å². The number of likely N-dealkylation sites (tertiary alicyclic amines) is 1. The number of nitrogens with two attached hydrogens (primary N) is 3. The highest BCUT2D eigenvalue weighted by atomic mass is 16.5. The van der Waals surface area contributed by atoms with E-state index in [1.54, 1.807) is 74.6 Å². The summed E-state index contributed by atoms with van der Waals surface area (Å²) in [5.74, 6) is -9.27. The van der Waals surface area contributed by atoms with E-state index in [0.29, 0.717) is 34.0 Å². The fraction of sp³-hybridized carbons (Fsp3) is 0.468. The first-order valence-corrected chi connectivity index (χ1v) is 30.0. The van der Waals surface area contributed by atoms with Crippen molar-refractivity contribution < 1.29 is 67.4 Å². The molecule has 0 spiro atoms. The number of amides is 11. The van der Waals surface area contributed by atoms with Crippen LogP contribution in [0.5, 0.6) is 5.75 Å². The van der Waals surface area contributed by atoms with Gasteiger partial charge in [-0.1, -0.05) is 74.5 Å². The lowest BCUT2D eigenvalue weighted by molar-refractivity contribution is -0.142. The van der Waals surface area contributed by atoms with Gasteiger partial charge in [0.05, 0.1) is 13.2 Å². The number of carbonyl (C=O) groups is 12. The lowest BCUT2D eigenvalue weighted by Gasteiger charge is -2.32. The van der Waals surface area contributed by atoms with Gasteiger partial charge in [-0.3, -0.25) is 62.5 Å². The van der Waals surface area contributed by atoms with Gasteiger partial charge in [-0.25, -0.2) is 0 Å². The molecule has 91 heavy (non-hydrogen) atoms. The number of nitrogens with one attached hydrogen (secondary N) is 10. The van der Waals surface area contributed by atoms with E-state index in [1.807, 2.05) is 0 Å². The number of carbonyl (C=O) groups excluding carboxylic acids is 12. The zero-order valence-electron chi connectivity index (χ0n) is 51.6. The number of hydrogen-bond donors (Lipinski definition) is 14. The van der Waals surface area contributed by atoms with Crippen LogP contribution in [0.2, 0.25) is 0 Å². The van der Waals surface area contributed by atoms with Crippen LogP contribution in [-0.4, -0.2) is 172 Å². The van der Waals surface area contributed by atoms with Crippen molar-refractivity contribution in [2.24, 2.45) is 28.1 Å². The molecule has 2 saturated heterocycles. The first kappa shape index (κ1) is 70.2. The number of aliphatic hydroxyl groups is 1. The molecule has 17 N–H and O–H groups in total. The monoisotopic (exact) mass is 1260 g/mol. The molecule has 3 heterocycles. The summed E-state index contributed by atoms with van der Waals surface area (Å²) in [6, 6.07) is 11.3. The average molecular weight is 1260 g/mol. The molecule has 29 nitrogen and oxygen atoms in total. The summed E-state index contributed by atoms with van der Waals surface area (Å²) in [6.45, 7) is 6.21. The minimum atomic E-state index is -1.87. The van der Waals surface area contributed by atoms with Gasteiger partial charge in [-0.05, 0) is 93.2 Å². The van der Waals surface area contributed by atoms with Crippen molar-refractivity contribution in [1.82, 2.24) is 57.7 Å². The van der Waals surface area contributed by atoms with E-state index < -0.39 is 132 Å². The molecular weight excluding hydrogens is 1180 g/mol. The van der Waals surface area contributed by atoms with Crippen LogP contribution in [0.3, 0.4) is 0 Å². The SMILES string of the molecule is CC(=O)Oc1ccc(C[C@H](NC(=O)[C@H](CO)NC(=O)[C@H](Cc2c[nH]c3ccccc23)NC(=O)[C@@H](Cc2ccccc2)NC(=O)[C@@H]2CCC(=O)N2)C(=O)NC(C)(C)C(=O)N[C@@H](CC(C)C)C(=O)N[C@@H](CCCN=C(N)N)C(=O)N2CCC[C@H]2C(=O)NCC(N)=O)cc1. The Hall–Kier alpha value is -9.93. The highest BCUT2D eigenvalue weighted by Crippen LogP contribution is 2.23. The van der Waals surface area contributed by atoms with E-state index in [1.165, 1.54) is 49.9 Å². The van der Waals surface area contributed by atoms with Crippen LogP contribution in [0, 0.1) is 5.92 Å². The molecule has 490 valence electrons. The fourth-order valence-electron chi connectivity index (χ4n) is 10.5. The van der Waals surface area contributed by atoms with Gasteiger partial charge in [-0.15, -0.1) is 0 Å². The number of aliphatic hydroxyl groups excluding tert-OH is 1. The van der Waals surface area contributed by atoms with E-state index in [9.17, 15) is 62.6 Å². The number of rotatable bonds is 32. The number of aromatic nitrogens is 1. The Morgan fingerprint density at radius 3 is 1.91 bits per heavy atom. The zero-order chi connectivity index (χ0) is 66.5. The van der Waals surface area contributed by atoms with E-state index in [2.05, 4.69) is 57.8 Å². The van der Waals surface area contributed by atoms with Crippen LogP contribution in [0.4, 0.5) is 0 Å². The van der Waals surface area contributed by atoms with Crippen LogP contribution in [-0.2, 0) is 76.8 Å². The molecule has 1 aromatic heterocycles. The minimum Gasteiger partial charge on any atom is -0.427 e. The number of aliphatic imine (C=N–C) groups is 1. The Kier molecular flexibility index (Phi) is 25.5. The second-order valence-corrected chi connectivity index (χ2v) is 23.4. The fourth-order valence-corrected chi connectivity index (χ4v) is 10.5. The van der Waals surface area contributed by atoms with Crippen molar-refractivity contribution in [3.63, 3.8) is 0 Å². The standard InChI is InChI=1S/C62H83N15O14/c1-34(2)27-44(53(83)70-43(17-11-25-66-61(64)65)59(89)77-26-12-18-49(77)58(88)68-32-50(63)80)75-60(90)62(4,5)76-57(87)46(29-37-19-21-39(22-20-37)91-35(3)79)72-56(86)48(33-78)74-55(85)47(30-38-31-67-41-16-10-9-15-40(38)41)73-54(84)45(28-36-13-7-6-8-14-36)71-52(82)42-23-24-51(81)69-42/h6-10,13-16,19-22,31,34,42-49,67,78H,11-12,17-18,23-30,32-33H2,1-5H3,(H2,63,80)(H,68,88)(H,69,81)(H,70,83)(H,71,82)(H,72,86)(H,73,84)(H,74,85)(H,75,90)(H,76,87)(H4,64,65,66)/t42-,43-,44-,45+,46-,47-,48-,49-/m0/s1. The van der Waals surface area contributed by atoms with Gasteiger partial charge in [-0.2, -0.15) is 0 Å². The molecule has 8 atom stereocenters. The quantitative estimate of drug-likeness (QED) is 0.00818. The molecule has 0 bridgehead atoms. The summed E-state index contributed by atoms with van der Waals surface area (Å²) in [7, 11) is 0. The molecule has 2 aliphatic heterocycles. The Balaban J connectivity index is 1.23. The number of guanidine groups is 1. The summed E-state index contributed by atoms with van der Waals surface area (Å²) in [5, 5.41) is 35.2. The molecule has 2 fully saturated rings. The lowest BCUT2D eigenvalue weighted by atomic mass is 9.98. The van der Waals surface area contributed by atoms with E-state index in [0.717, 1.165) is 0 Å². The van der Waals surface area contributed by atoms with Crippen molar-refractivity contribution in [2.45, 2.75) is 153 Å². The third kappa shape index (κ3) is 21.1. The molecule has 2 aliphatic rings. The molecule has 3 aromatic carbocycles. The molecule has 0 saturated carbocycles. The zero-order valence-corrected chi connectivity index (χ0v) is 51.6. The number of para-hydroxylation sites is 1. The summed E-state index contributed by atoms with van der Waals surface area (Å²) in [6.07, 6.45) is 2.42. The molecule has 6 rings (SSSR count). The van der Waals surface area contributed by atoms with Gasteiger partial charge in [0.15, 0.2) is 5.96 Å². The van der Waals surface area contributed by atoms with Crippen molar-refractivity contribution in [3.8, 4) is 5.75 Å². The number of nitrogens with zero attached hydrogens (tertiary/aromatic N) is 2. The van der Waals surface area contributed by atoms with Gasteiger partial charge < -0.3 is 84.8 Å².